The van der Waals surface area contributed by atoms with Gasteiger partial charge in [-0.15, -0.1) is 0 Å². The van der Waals surface area contributed by atoms with Crippen molar-refractivity contribution in [2.45, 2.75) is 9.79 Å². The van der Waals surface area contributed by atoms with Gasteiger partial charge in [-0.3, -0.25) is 19.6 Å². The predicted octanol–water partition coefficient (Wildman–Crippen LogP) is 8.87. The molecule has 356 valence electrons. The molecular formula is C44H40Cl2N10O10S2Sn. The van der Waals surface area contributed by atoms with Gasteiger partial charge in [-0.25, -0.2) is 36.8 Å². The van der Waals surface area contributed by atoms with Gasteiger partial charge in [0.25, 0.3) is 25.7 Å². The molecule has 2 radical (unpaired) electrons. The van der Waals surface area contributed by atoms with E-state index in [0.29, 0.717) is 62.1 Å². The van der Waals surface area contributed by atoms with E-state index in [1.54, 1.807) is 105 Å². The Morgan fingerprint density at radius 3 is 1.22 bits per heavy atom. The Morgan fingerprint density at radius 2 is 0.870 bits per heavy atom. The van der Waals surface area contributed by atoms with E-state index < -0.39 is 43.9 Å². The molecule has 0 atom stereocenters. The van der Waals surface area contributed by atoms with Crippen molar-refractivity contribution >= 4 is 125 Å². The summed E-state index contributed by atoms with van der Waals surface area (Å²) in [6, 6.07) is 35.1. The molecule has 0 saturated heterocycles. The summed E-state index contributed by atoms with van der Waals surface area (Å²) in [5, 5.41) is 17.2. The molecule has 0 saturated carbocycles. The number of non-ortho nitro benzene ring substituents is 1. The van der Waals surface area contributed by atoms with Crippen molar-refractivity contribution in [3.8, 4) is 23.0 Å². The first-order valence-corrected chi connectivity index (χ1v) is 29.9. The van der Waals surface area contributed by atoms with Crippen LogP contribution in [0.15, 0.2) is 143 Å². The van der Waals surface area contributed by atoms with Crippen molar-refractivity contribution in [2.75, 3.05) is 54.3 Å². The van der Waals surface area contributed by atoms with Crippen molar-refractivity contribution in [1.29, 1.82) is 0 Å². The fraction of sp³-hybridized carbons (Fsp3) is 0.0909. The van der Waals surface area contributed by atoms with Crippen LogP contribution < -0.4 is 44.8 Å². The number of benzene rings is 6. The number of aromatic nitrogens is 4. The third-order valence-electron chi connectivity index (χ3n) is 9.34. The number of hydrogen-bond donors (Lipinski definition) is 5. The van der Waals surface area contributed by atoms with Crippen LogP contribution in [0.25, 0.3) is 22.1 Å². The fourth-order valence-electron chi connectivity index (χ4n) is 6.17. The second kappa shape index (κ2) is 23.3. The quantitative estimate of drug-likeness (QED) is 0.0277. The summed E-state index contributed by atoms with van der Waals surface area (Å²) in [6.07, 6.45) is 0. The average molecular weight is 1120 g/mol. The molecular weight excluding hydrogens is 1080 g/mol. The van der Waals surface area contributed by atoms with Crippen LogP contribution in [0.1, 0.15) is 0 Å². The van der Waals surface area contributed by atoms with E-state index in [9.17, 15) is 26.9 Å². The number of nitrogens with two attached hydrogens (primary N) is 1. The van der Waals surface area contributed by atoms with E-state index in [-0.39, 0.29) is 38.7 Å². The molecule has 0 aliphatic heterocycles. The van der Waals surface area contributed by atoms with Crippen LogP contribution in [-0.2, 0) is 20.0 Å². The molecule has 6 N–H and O–H groups in total. The molecule has 2 aromatic heterocycles. The standard InChI is InChI=1S/C22H19N5O6S.C22H21N5O4S.2ClH.Sn/c1-32-16-10-14(11-17(13-16)33-2)23-21-22(25-20-9-4-3-8-19(20)24-21)26-34(30,31)18-7-5-6-15(12-18)27(28)29;1-30-16-11-15(12-17(13-16)31-2)24-21-22(26-20-9-4-3-8-19(20)25-21)27-32(28,29)18-7-5-6-14(23)10-18;;;/h3-13H,1-2H3,(H,23,24)(H,25,26);3-13H,23H2,1-2H3,(H,24,25)(H,26,27);2*1H;/q;;;;+2/p-2. The van der Waals surface area contributed by atoms with Gasteiger partial charge in [-0.2, -0.15) is 0 Å². The molecule has 69 heavy (non-hydrogen) atoms. The van der Waals surface area contributed by atoms with E-state index in [1.165, 1.54) is 44.6 Å². The molecule has 0 aliphatic rings. The number of halogens is 2. The van der Waals surface area contributed by atoms with Gasteiger partial charge in [0.05, 0.1) is 65.2 Å². The molecule has 20 nitrogen and oxygen atoms in total. The van der Waals surface area contributed by atoms with Crippen LogP contribution in [0.4, 0.5) is 46.0 Å². The van der Waals surface area contributed by atoms with Crippen LogP contribution in [0.3, 0.4) is 0 Å². The Balaban J connectivity index is 0.000000215. The summed E-state index contributed by atoms with van der Waals surface area (Å²) in [4.78, 5) is 28.1. The fourth-order valence-corrected chi connectivity index (χ4v) is 8.28. The summed E-state index contributed by atoms with van der Waals surface area (Å²) in [5.41, 5.74) is 8.93. The number of methoxy groups -OCH3 is 4. The number of anilines is 7. The monoisotopic (exact) mass is 1120 g/mol. The molecule has 8 aromatic rings. The van der Waals surface area contributed by atoms with Crippen molar-refractivity contribution < 1.29 is 40.7 Å². The molecule has 8 rings (SSSR count). The van der Waals surface area contributed by atoms with E-state index in [0.717, 1.165) is 6.07 Å². The SMILES string of the molecule is COc1cc(Nc2nc3ccccc3nc2NS(=O)(=O)c2cccc(N)c2)cc(OC)c1.COc1cc(Nc2nc3ccccc3nc2NS(=O)(=O)c2cccc([N+](=O)[O-])c2)cc(OC)c1.[Cl][Sn][Cl]. The number of nitro benzene ring substituents is 1. The van der Waals surface area contributed by atoms with Crippen molar-refractivity contribution in [3.63, 3.8) is 0 Å². The number of hydrogen-bond acceptors (Lipinski definition) is 17. The first kappa shape index (κ1) is 51.3. The third-order valence-corrected chi connectivity index (χ3v) is 12.0. The topological polar surface area (TPSA) is 274 Å². The van der Waals surface area contributed by atoms with Gasteiger partial charge in [0.2, 0.25) is 0 Å². The number of nitrogens with one attached hydrogen (secondary N) is 4. The molecule has 0 bridgehead atoms. The minimum atomic E-state index is -4.22. The summed E-state index contributed by atoms with van der Waals surface area (Å²) in [7, 11) is 7.77. The minimum absolute atomic E-state index is 0.0152. The zero-order chi connectivity index (χ0) is 49.7. The Bertz CT molecular complexity index is 3320. The second-order valence-corrected chi connectivity index (χ2v) is 21.5. The Kier molecular flexibility index (Phi) is 17.3. The molecule has 0 aliphatic carbocycles. The van der Waals surface area contributed by atoms with Gasteiger partial charge in [-0.1, -0.05) is 36.4 Å². The first-order chi connectivity index (χ1) is 33.1. The summed E-state index contributed by atoms with van der Waals surface area (Å²) < 4.78 is 78.2. The molecule has 0 spiro atoms. The Morgan fingerprint density at radius 1 is 0.522 bits per heavy atom. The molecule has 25 heteroatoms. The van der Waals surface area contributed by atoms with E-state index >= 15 is 0 Å². The van der Waals surface area contributed by atoms with Crippen LogP contribution >= 0.6 is 17.8 Å². The third kappa shape index (κ3) is 13.5. The maximum absolute atomic E-state index is 13.0. The number of nitrogens with zero attached hydrogens (tertiary/aromatic N) is 5. The molecule has 0 fully saturated rings. The summed E-state index contributed by atoms with van der Waals surface area (Å²) in [5.74, 6) is 2.41. The van der Waals surface area contributed by atoms with Crippen molar-refractivity contribution in [1.82, 2.24) is 19.9 Å². The van der Waals surface area contributed by atoms with Crippen LogP contribution in [0.2, 0.25) is 0 Å². The molecule has 2 heterocycles. The van der Waals surface area contributed by atoms with E-state index in [2.05, 4.69) is 40.0 Å². The zero-order valence-corrected chi connectivity index (χ0v) is 42.7. The average Bonchev–Trinajstić information content (AvgIpc) is 3.34. The Labute approximate surface area is 413 Å². The van der Waals surface area contributed by atoms with Gasteiger partial charge in [0.15, 0.2) is 23.3 Å². The number of nitrogen functional groups attached to an aromatic ring is 1. The zero-order valence-electron chi connectivity index (χ0n) is 36.7. The number of nitro groups is 1. The number of fused-ring (bicyclic) bond motifs is 2. The molecule has 0 amide bonds. The number of ether oxygens (including phenoxy) is 4. The van der Waals surface area contributed by atoms with Crippen LogP contribution in [0, 0.1) is 10.1 Å². The number of para-hydroxylation sites is 4. The van der Waals surface area contributed by atoms with Crippen molar-refractivity contribution in [3.05, 3.63) is 144 Å². The molecule has 0 unspecified atom stereocenters. The second-order valence-electron chi connectivity index (χ2n) is 13.9. The van der Waals surface area contributed by atoms with Gasteiger partial charge in [0.1, 0.15) is 23.0 Å². The van der Waals surface area contributed by atoms with Gasteiger partial charge >= 0.3 is 36.7 Å². The van der Waals surface area contributed by atoms with Gasteiger partial charge < -0.3 is 35.3 Å². The van der Waals surface area contributed by atoms with Gasteiger partial charge in [-0.05, 0) is 48.5 Å². The normalized spacial score (nSPS) is 10.9. The van der Waals surface area contributed by atoms with Crippen LogP contribution in [-0.4, -0.2) is 89.0 Å². The van der Waals surface area contributed by atoms with E-state index in [1.807, 2.05) is 6.07 Å². The maximum atomic E-state index is 13.0. The number of sulfonamides is 2. The number of rotatable bonds is 15. The predicted molar refractivity (Wildman–Crippen MR) is 268 cm³/mol. The van der Waals surface area contributed by atoms with Crippen molar-refractivity contribution in [2.24, 2.45) is 0 Å². The van der Waals surface area contributed by atoms with Crippen LogP contribution in [0.5, 0.6) is 23.0 Å². The molecule has 6 aromatic carbocycles. The summed E-state index contributed by atoms with van der Waals surface area (Å²) >= 11 is -0.826. The summed E-state index contributed by atoms with van der Waals surface area (Å²) in [6.45, 7) is 0. The van der Waals surface area contributed by atoms with E-state index in [4.69, 9.17) is 42.5 Å². The first-order valence-electron chi connectivity index (χ1n) is 19.7. The Hall–Kier alpha value is -7.12. The van der Waals surface area contributed by atoms with Gasteiger partial charge in [0, 0.05) is 65.6 Å².